The van der Waals surface area contributed by atoms with Crippen molar-refractivity contribution in [1.29, 1.82) is 0 Å². The minimum atomic E-state index is 0.403. The normalized spacial score (nSPS) is 19.1. The van der Waals surface area contributed by atoms with Gasteiger partial charge in [0.2, 0.25) is 11.7 Å². The van der Waals surface area contributed by atoms with E-state index < -0.39 is 0 Å². The van der Waals surface area contributed by atoms with Crippen LogP contribution in [0.15, 0.2) is 32.9 Å². The largest absolute Gasteiger partial charge is 0.472 e. The zero-order chi connectivity index (χ0) is 16.5. The Morgan fingerprint density at radius 3 is 2.96 bits per heavy atom. The SMILES string of the molecule is Cc1csc(N2CCN(Cc3nc(-c4ccoc4)no3)C[C@@H]2C)n1. The summed E-state index contributed by atoms with van der Waals surface area (Å²) in [6, 6.07) is 2.23. The molecule has 3 aromatic heterocycles. The lowest BCUT2D eigenvalue weighted by Crippen LogP contribution is -2.51. The molecule has 1 aliphatic rings. The quantitative estimate of drug-likeness (QED) is 0.720. The van der Waals surface area contributed by atoms with Crippen LogP contribution >= 0.6 is 11.3 Å². The highest BCUT2D eigenvalue weighted by Gasteiger charge is 2.26. The molecule has 0 unspecified atom stereocenters. The van der Waals surface area contributed by atoms with E-state index in [0.29, 0.717) is 24.3 Å². The lowest BCUT2D eigenvalue weighted by atomic mass is 10.2. The number of piperazine rings is 1. The molecule has 1 saturated heterocycles. The Balaban J connectivity index is 1.39. The molecule has 0 saturated carbocycles. The van der Waals surface area contributed by atoms with Gasteiger partial charge >= 0.3 is 0 Å². The summed E-state index contributed by atoms with van der Waals surface area (Å²) in [4.78, 5) is 13.8. The summed E-state index contributed by atoms with van der Waals surface area (Å²) < 4.78 is 10.4. The summed E-state index contributed by atoms with van der Waals surface area (Å²) in [6.07, 6.45) is 3.22. The van der Waals surface area contributed by atoms with Gasteiger partial charge in [-0.05, 0) is 19.9 Å². The van der Waals surface area contributed by atoms with Crippen molar-refractivity contribution >= 4 is 16.5 Å². The molecule has 126 valence electrons. The summed E-state index contributed by atoms with van der Waals surface area (Å²) in [5.41, 5.74) is 1.92. The third kappa shape index (κ3) is 3.07. The van der Waals surface area contributed by atoms with E-state index in [1.165, 1.54) is 0 Å². The van der Waals surface area contributed by atoms with E-state index in [1.54, 1.807) is 23.9 Å². The van der Waals surface area contributed by atoms with Crippen molar-refractivity contribution in [3.63, 3.8) is 0 Å². The van der Waals surface area contributed by atoms with Crippen LogP contribution < -0.4 is 4.90 Å². The molecule has 3 aromatic rings. The fourth-order valence-electron chi connectivity index (χ4n) is 2.95. The predicted octanol–water partition coefficient (Wildman–Crippen LogP) is 2.81. The van der Waals surface area contributed by atoms with E-state index in [9.17, 15) is 0 Å². The van der Waals surface area contributed by atoms with Gasteiger partial charge in [0.05, 0.1) is 24.1 Å². The Kier molecular flexibility index (Phi) is 4.07. The molecule has 4 heterocycles. The van der Waals surface area contributed by atoms with Crippen LogP contribution in [0.25, 0.3) is 11.4 Å². The molecule has 24 heavy (non-hydrogen) atoms. The topological polar surface area (TPSA) is 71.4 Å². The van der Waals surface area contributed by atoms with Gasteiger partial charge in [-0.2, -0.15) is 4.98 Å². The maximum Gasteiger partial charge on any atom is 0.241 e. The van der Waals surface area contributed by atoms with Gasteiger partial charge in [-0.15, -0.1) is 11.3 Å². The van der Waals surface area contributed by atoms with Gasteiger partial charge in [-0.1, -0.05) is 5.16 Å². The highest BCUT2D eigenvalue weighted by Crippen LogP contribution is 2.25. The number of hydrogen-bond acceptors (Lipinski definition) is 8. The molecule has 8 heteroatoms. The van der Waals surface area contributed by atoms with Crippen LogP contribution in [0.2, 0.25) is 0 Å². The zero-order valence-corrected chi connectivity index (χ0v) is 14.5. The van der Waals surface area contributed by atoms with Crippen molar-refractivity contribution in [3.8, 4) is 11.4 Å². The van der Waals surface area contributed by atoms with Gasteiger partial charge in [0.15, 0.2) is 5.13 Å². The summed E-state index contributed by atoms with van der Waals surface area (Å²) in [6.45, 7) is 7.78. The molecule has 7 nitrogen and oxygen atoms in total. The lowest BCUT2D eigenvalue weighted by Gasteiger charge is -2.39. The minimum absolute atomic E-state index is 0.403. The van der Waals surface area contributed by atoms with Crippen molar-refractivity contribution in [2.75, 3.05) is 24.5 Å². The average Bonchev–Trinajstić information content (AvgIpc) is 3.28. The van der Waals surface area contributed by atoms with E-state index in [0.717, 1.165) is 36.0 Å². The van der Waals surface area contributed by atoms with Crippen LogP contribution in [0.1, 0.15) is 18.5 Å². The molecule has 0 aromatic carbocycles. The number of hydrogen-bond donors (Lipinski definition) is 0. The van der Waals surface area contributed by atoms with Crippen LogP contribution in [0.3, 0.4) is 0 Å². The third-order valence-electron chi connectivity index (χ3n) is 4.17. The zero-order valence-electron chi connectivity index (χ0n) is 13.7. The molecule has 4 rings (SSSR count). The van der Waals surface area contributed by atoms with Crippen molar-refractivity contribution in [2.45, 2.75) is 26.4 Å². The van der Waals surface area contributed by atoms with Crippen LogP contribution in [-0.2, 0) is 6.54 Å². The predicted molar refractivity (Wildman–Crippen MR) is 90.9 cm³/mol. The smallest absolute Gasteiger partial charge is 0.241 e. The van der Waals surface area contributed by atoms with Gasteiger partial charge in [0.25, 0.3) is 0 Å². The van der Waals surface area contributed by atoms with Crippen molar-refractivity contribution in [1.82, 2.24) is 20.0 Å². The number of aryl methyl sites for hydroxylation is 1. The second kappa shape index (κ2) is 6.37. The Labute approximate surface area is 143 Å². The number of rotatable bonds is 4. The fourth-order valence-corrected chi connectivity index (χ4v) is 3.89. The molecule has 0 aliphatic carbocycles. The Bertz CT molecular complexity index is 797. The monoisotopic (exact) mass is 345 g/mol. The van der Waals surface area contributed by atoms with E-state index in [1.807, 2.05) is 13.0 Å². The first-order chi connectivity index (χ1) is 11.7. The first-order valence-corrected chi connectivity index (χ1v) is 8.83. The summed E-state index contributed by atoms with van der Waals surface area (Å²) in [5, 5.41) is 7.23. The molecule has 0 bridgehead atoms. The van der Waals surface area contributed by atoms with Gasteiger partial charge in [-0.25, -0.2) is 4.98 Å². The molecule has 0 radical (unpaired) electrons. The van der Waals surface area contributed by atoms with E-state index >= 15 is 0 Å². The van der Waals surface area contributed by atoms with Crippen LogP contribution in [0.5, 0.6) is 0 Å². The summed E-state index contributed by atoms with van der Waals surface area (Å²) in [7, 11) is 0. The number of anilines is 1. The fraction of sp³-hybridized carbons (Fsp3) is 0.438. The molecular weight excluding hydrogens is 326 g/mol. The second-order valence-electron chi connectivity index (χ2n) is 6.07. The van der Waals surface area contributed by atoms with Gasteiger partial charge < -0.3 is 13.8 Å². The van der Waals surface area contributed by atoms with Crippen molar-refractivity contribution in [3.05, 3.63) is 35.6 Å². The Hall–Kier alpha value is -2.19. The maximum absolute atomic E-state index is 5.37. The van der Waals surface area contributed by atoms with E-state index in [-0.39, 0.29) is 0 Å². The highest BCUT2D eigenvalue weighted by atomic mass is 32.1. The minimum Gasteiger partial charge on any atom is -0.472 e. The van der Waals surface area contributed by atoms with Crippen LogP contribution in [0, 0.1) is 6.92 Å². The number of thiazole rings is 1. The number of aromatic nitrogens is 3. The van der Waals surface area contributed by atoms with Gasteiger partial charge in [0.1, 0.15) is 6.26 Å². The number of nitrogens with zero attached hydrogens (tertiary/aromatic N) is 5. The first kappa shape index (κ1) is 15.3. The number of furan rings is 1. The van der Waals surface area contributed by atoms with Crippen molar-refractivity contribution in [2.24, 2.45) is 0 Å². The summed E-state index contributed by atoms with van der Waals surface area (Å²) in [5.74, 6) is 1.21. The Morgan fingerprint density at radius 1 is 1.33 bits per heavy atom. The molecule has 1 aliphatic heterocycles. The maximum atomic E-state index is 5.37. The molecule has 0 amide bonds. The molecule has 1 fully saturated rings. The third-order valence-corrected chi connectivity index (χ3v) is 5.17. The van der Waals surface area contributed by atoms with Crippen LogP contribution in [-0.4, -0.2) is 45.7 Å². The molecule has 0 N–H and O–H groups in total. The molecular formula is C16H19N5O2S. The van der Waals surface area contributed by atoms with E-state index in [4.69, 9.17) is 8.94 Å². The molecule has 1 atom stereocenters. The van der Waals surface area contributed by atoms with Gasteiger partial charge in [0, 0.05) is 31.1 Å². The standard InChI is InChI=1S/C16H19N5O2S/c1-11-10-24-16(17-11)21-5-4-20(7-12(21)2)8-14-18-15(19-23-14)13-3-6-22-9-13/h3,6,9-10,12H,4-5,7-8H2,1-2H3/t12-/m0/s1. The lowest BCUT2D eigenvalue weighted by molar-refractivity contribution is 0.194. The highest BCUT2D eigenvalue weighted by molar-refractivity contribution is 7.13. The molecule has 0 spiro atoms. The van der Waals surface area contributed by atoms with E-state index in [2.05, 4.69) is 37.2 Å². The Morgan fingerprint density at radius 2 is 2.25 bits per heavy atom. The van der Waals surface area contributed by atoms with Gasteiger partial charge in [-0.3, -0.25) is 4.90 Å². The van der Waals surface area contributed by atoms with Crippen LogP contribution in [0.4, 0.5) is 5.13 Å². The first-order valence-electron chi connectivity index (χ1n) is 7.95. The summed E-state index contributed by atoms with van der Waals surface area (Å²) >= 11 is 1.71. The average molecular weight is 345 g/mol. The second-order valence-corrected chi connectivity index (χ2v) is 6.91. The van der Waals surface area contributed by atoms with Crippen molar-refractivity contribution < 1.29 is 8.94 Å².